The van der Waals surface area contributed by atoms with Gasteiger partial charge in [-0.3, -0.25) is 0 Å². The summed E-state index contributed by atoms with van der Waals surface area (Å²) >= 11 is 0. The molecule has 4 atom stereocenters. The third-order valence-corrected chi connectivity index (χ3v) is 10.7. The van der Waals surface area contributed by atoms with E-state index in [1.165, 1.54) is 19.3 Å². The highest BCUT2D eigenvalue weighted by Crippen LogP contribution is 2.82. The molecule has 154 valence electrons. The van der Waals surface area contributed by atoms with Crippen molar-refractivity contribution in [2.75, 3.05) is 0 Å². The summed E-state index contributed by atoms with van der Waals surface area (Å²) in [5, 5.41) is 23.4. The van der Waals surface area contributed by atoms with Crippen molar-refractivity contribution in [3.63, 3.8) is 0 Å². The monoisotopic (exact) mass is 386 g/mol. The van der Waals surface area contributed by atoms with Crippen molar-refractivity contribution >= 4 is 7.92 Å². The summed E-state index contributed by atoms with van der Waals surface area (Å²) in [6.07, 6.45) is 10.3. The Morgan fingerprint density at radius 1 is 0.731 bits per heavy atom. The average molecular weight is 387 g/mol. The summed E-state index contributed by atoms with van der Waals surface area (Å²) in [6, 6.07) is 0. The van der Waals surface area contributed by atoms with Gasteiger partial charge in [0.2, 0.25) is 0 Å². The van der Waals surface area contributed by atoms with Crippen LogP contribution in [0.3, 0.4) is 0 Å². The lowest BCUT2D eigenvalue weighted by Crippen LogP contribution is -2.65. The summed E-state index contributed by atoms with van der Waals surface area (Å²) in [5.74, 6) is -2.36. The third kappa shape index (κ3) is 4.17. The molecule has 0 saturated carbocycles. The molecular weight excluding hydrogens is 343 g/mol. The van der Waals surface area contributed by atoms with E-state index in [2.05, 4.69) is 41.5 Å². The third-order valence-electron chi connectivity index (χ3n) is 6.50. The van der Waals surface area contributed by atoms with E-state index in [9.17, 15) is 10.2 Å². The molecule has 4 unspecified atom stereocenters. The minimum atomic E-state index is -1.18. The van der Waals surface area contributed by atoms with E-state index in [1.807, 2.05) is 0 Å². The highest BCUT2D eigenvalue weighted by atomic mass is 31.1. The first-order valence-corrected chi connectivity index (χ1v) is 12.5. The quantitative estimate of drug-likeness (QED) is 0.468. The smallest absolute Gasteiger partial charge is 0.169 e. The molecule has 0 aromatic carbocycles. The second kappa shape index (κ2) is 8.36. The number of fused-ring (bicyclic) bond motifs is 4. The molecule has 3 rings (SSSR count). The van der Waals surface area contributed by atoms with Crippen molar-refractivity contribution in [3.8, 4) is 0 Å². The zero-order valence-corrected chi connectivity index (χ0v) is 19.0. The van der Waals surface area contributed by atoms with Gasteiger partial charge in [0, 0.05) is 25.7 Å². The van der Waals surface area contributed by atoms with Crippen LogP contribution in [0.25, 0.3) is 0 Å². The van der Waals surface area contributed by atoms with Gasteiger partial charge in [0.15, 0.2) is 11.6 Å². The second-order valence-electron chi connectivity index (χ2n) is 9.44. The molecule has 3 saturated heterocycles. The topological polar surface area (TPSA) is 49.7 Å². The van der Waals surface area contributed by atoms with Gasteiger partial charge in [-0.1, -0.05) is 75.1 Å². The SMILES string of the molecule is CCCC1(O)CC2(CCC)CC(CCC)(CC(O)(CCC)O1)P2C(C)C. The first-order valence-electron chi connectivity index (χ1n) is 11.1. The van der Waals surface area contributed by atoms with E-state index in [0.29, 0.717) is 31.3 Å². The van der Waals surface area contributed by atoms with Crippen LogP contribution in [-0.2, 0) is 4.74 Å². The normalized spacial score (nSPS) is 43.0. The van der Waals surface area contributed by atoms with Gasteiger partial charge in [-0.15, -0.1) is 0 Å². The van der Waals surface area contributed by atoms with E-state index >= 15 is 0 Å². The van der Waals surface area contributed by atoms with Crippen LogP contribution in [0.5, 0.6) is 0 Å². The Bertz CT molecular complexity index is 434. The lowest BCUT2D eigenvalue weighted by Gasteiger charge is -2.70. The molecule has 3 aliphatic heterocycles. The molecule has 0 amide bonds. The van der Waals surface area contributed by atoms with E-state index in [0.717, 1.165) is 25.7 Å². The molecule has 2 N–H and O–H groups in total. The fourth-order valence-corrected chi connectivity index (χ4v) is 12.3. The molecular formula is C22H43O3P. The van der Waals surface area contributed by atoms with Gasteiger partial charge in [-0.25, -0.2) is 0 Å². The number of aliphatic hydroxyl groups is 2. The molecule has 0 spiro atoms. The van der Waals surface area contributed by atoms with Crippen LogP contribution >= 0.6 is 7.92 Å². The summed E-state index contributed by atoms with van der Waals surface area (Å²) in [4.78, 5) is 0. The van der Waals surface area contributed by atoms with Crippen LogP contribution in [0.4, 0.5) is 0 Å². The van der Waals surface area contributed by atoms with Gasteiger partial charge in [0.05, 0.1) is 0 Å². The lowest BCUT2D eigenvalue weighted by molar-refractivity contribution is -0.353. The van der Waals surface area contributed by atoms with Crippen LogP contribution in [-0.4, -0.2) is 37.8 Å². The van der Waals surface area contributed by atoms with E-state index in [4.69, 9.17) is 4.74 Å². The van der Waals surface area contributed by atoms with Crippen molar-refractivity contribution in [1.29, 1.82) is 0 Å². The highest BCUT2D eigenvalue weighted by molar-refractivity contribution is 7.63. The summed E-state index contributed by atoms with van der Waals surface area (Å²) in [6.45, 7) is 13.5. The van der Waals surface area contributed by atoms with Crippen LogP contribution in [0, 0.1) is 0 Å². The summed E-state index contributed by atoms with van der Waals surface area (Å²) < 4.78 is 6.24. The zero-order valence-electron chi connectivity index (χ0n) is 18.1. The molecule has 0 aromatic rings. The predicted molar refractivity (Wildman–Crippen MR) is 112 cm³/mol. The number of rotatable bonds is 9. The van der Waals surface area contributed by atoms with Gasteiger partial charge in [0.1, 0.15) is 0 Å². The molecule has 3 aliphatic rings. The maximum absolute atomic E-state index is 11.5. The molecule has 0 radical (unpaired) electrons. The Balaban J connectivity index is 2.51. The summed E-state index contributed by atoms with van der Waals surface area (Å²) in [5.41, 5.74) is 0.631. The molecule has 0 aliphatic carbocycles. The minimum absolute atomic E-state index is 0.227. The van der Waals surface area contributed by atoms with Gasteiger partial charge in [0.25, 0.3) is 0 Å². The first-order chi connectivity index (χ1) is 12.1. The largest absolute Gasteiger partial charge is 0.365 e. The van der Waals surface area contributed by atoms with Crippen molar-refractivity contribution in [2.45, 2.75) is 140 Å². The van der Waals surface area contributed by atoms with Gasteiger partial charge in [-0.2, -0.15) is 0 Å². The fraction of sp³-hybridized carbons (Fsp3) is 1.00. The zero-order chi connectivity index (χ0) is 19.6. The Morgan fingerprint density at radius 3 is 1.42 bits per heavy atom. The van der Waals surface area contributed by atoms with Gasteiger partial charge >= 0.3 is 0 Å². The maximum atomic E-state index is 11.5. The Labute approximate surface area is 163 Å². The molecule has 3 heterocycles. The number of hydrogen-bond acceptors (Lipinski definition) is 3. The van der Waals surface area contributed by atoms with Crippen LogP contribution in [0.2, 0.25) is 0 Å². The van der Waals surface area contributed by atoms with E-state index < -0.39 is 11.6 Å². The fourth-order valence-electron chi connectivity index (χ4n) is 6.62. The second-order valence-corrected chi connectivity index (χ2v) is 13.1. The predicted octanol–water partition coefficient (Wildman–Crippen LogP) is 6.15. The molecule has 3 nitrogen and oxygen atoms in total. The van der Waals surface area contributed by atoms with E-state index in [1.54, 1.807) is 0 Å². The lowest BCUT2D eigenvalue weighted by atomic mass is 9.75. The standard InChI is InChI=1S/C22H43O3P/c1-7-11-19-15-20(12-8-2,26(19)18(5)6)17-22(24,14-10-4)25-21(23,16-19)13-9-3/h18,23-24H,7-17H2,1-6H3. The maximum Gasteiger partial charge on any atom is 0.169 e. The van der Waals surface area contributed by atoms with Crippen LogP contribution in [0.15, 0.2) is 0 Å². The van der Waals surface area contributed by atoms with Gasteiger partial charge in [-0.05, 0) is 35.2 Å². The number of ether oxygens (including phenoxy) is 1. The van der Waals surface area contributed by atoms with Crippen LogP contribution in [0.1, 0.15) is 112 Å². The minimum Gasteiger partial charge on any atom is -0.365 e. The van der Waals surface area contributed by atoms with Crippen molar-refractivity contribution in [2.24, 2.45) is 0 Å². The van der Waals surface area contributed by atoms with Crippen molar-refractivity contribution in [1.82, 2.24) is 0 Å². The average Bonchev–Trinajstić information content (AvgIpc) is 2.44. The Kier molecular flexibility index (Phi) is 7.26. The van der Waals surface area contributed by atoms with Crippen LogP contribution < -0.4 is 0 Å². The molecule has 4 heteroatoms. The highest BCUT2D eigenvalue weighted by Gasteiger charge is 2.67. The van der Waals surface area contributed by atoms with E-state index in [-0.39, 0.29) is 18.2 Å². The van der Waals surface area contributed by atoms with Crippen molar-refractivity contribution < 1.29 is 14.9 Å². The van der Waals surface area contributed by atoms with Gasteiger partial charge < -0.3 is 14.9 Å². The Morgan fingerprint density at radius 2 is 1.12 bits per heavy atom. The molecule has 3 fully saturated rings. The first kappa shape index (κ1) is 22.6. The molecule has 0 aromatic heterocycles. The number of hydrogen-bond donors (Lipinski definition) is 2. The summed E-state index contributed by atoms with van der Waals surface area (Å²) in [7, 11) is -0.257. The molecule has 2 bridgehead atoms. The molecule has 26 heavy (non-hydrogen) atoms. The van der Waals surface area contributed by atoms with Crippen molar-refractivity contribution in [3.05, 3.63) is 0 Å². The Hall–Kier alpha value is 0.310.